The minimum Gasteiger partial charge on any atom is -0.497 e. The molecule has 0 spiro atoms. The van der Waals surface area contributed by atoms with Gasteiger partial charge in [0.15, 0.2) is 0 Å². The van der Waals surface area contributed by atoms with Gasteiger partial charge >= 0.3 is 0 Å². The van der Waals surface area contributed by atoms with Gasteiger partial charge in [-0.2, -0.15) is 0 Å². The van der Waals surface area contributed by atoms with Crippen molar-refractivity contribution in [2.75, 3.05) is 26.7 Å². The van der Waals surface area contributed by atoms with Gasteiger partial charge in [0.2, 0.25) is 0 Å². The fourth-order valence-electron chi connectivity index (χ4n) is 4.17. The molecule has 1 aromatic heterocycles. The number of aliphatic hydroxyl groups excluding tert-OH is 1. The topological polar surface area (TPSA) is 45.6 Å². The third-order valence-electron chi connectivity index (χ3n) is 5.93. The summed E-state index contributed by atoms with van der Waals surface area (Å²) in [6.07, 6.45) is 5.98. The van der Waals surface area contributed by atoms with Crippen molar-refractivity contribution < 1.29 is 9.84 Å². The molecule has 1 unspecified atom stereocenters. The number of aliphatic hydroxyl groups is 1. The Hall–Kier alpha value is -1.59. The molecule has 0 bridgehead atoms. The zero-order chi connectivity index (χ0) is 22.2. The summed E-state index contributed by atoms with van der Waals surface area (Å²) in [5.41, 5.74) is 2.58. The first-order valence-electron chi connectivity index (χ1n) is 11.5. The maximum atomic E-state index is 11.3. The summed E-state index contributed by atoms with van der Waals surface area (Å²) in [6.45, 7) is 7.78. The lowest BCUT2D eigenvalue weighted by atomic mass is 9.95. The van der Waals surface area contributed by atoms with Crippen LogP contribution in [0, 0.1) is 0 Å². The SMILES string of the molecule is CCCCN(CCCC)CCCC(O)c1c2ccc(Cl)cc2nc2ccc(OC)cc12.Cl. The Labute approximate surface area is 203 Å². The molecule has 0 fully saturated rings. The number of hydrogen-bond donors (Lipinski definition) is 1. The number of halogens is 2. The van der Waals surface area contributed by atoms with Gasteiger partial charge in [0.05, 0.1) is 24.2 Å². The number of pyridine rings is 1. The van der Waals surface area contributed by atoms with Gasteiger partial charge in [-0.25, -0.2) is 4.98 Å². The van der Waals surface area contributed by atoms with Crippen LogP contribution in [0.2, 0.25) is 5.02 Å². The van der Waals surface area contributed by atoms with Gasteiger partial charge < -0.3 is 14.7 Å². The number of rotatable bonds is 12. The number of hydrogen-bond acceptors (Lipinski definition) is 4. The second-order valence-corrected chi connectivity index (χ2v) is 8.71. The number of benzene rings is 2. The van der Waals surface area contributed by atoms with E-state index in [4.69, 9.17) is 21.3 Å². The van der Waals surface area contributed by atoms with Crippen molar-refractivity contribution in [1.29, 1.82) is 0 Å². The van der Waals surface area contributed by atoms with Gasteiger partial charge in [0, 0.05) is 15.8 Å². The van der Waals surface area contributed by atoms with E-state index in [9.17, 15) is 5.11 Å². The first kappa shape index (κ1) is 26.7. The maximum Gasteiger partial charge on any atom is 0.119 e. The molecule has 0 saturated heterocycles. The third-order valence-corrected chi connectivity index (χ3v) is 6.16. The van der Waals surface area contributed by atoms with E-state index in [1.807, 2.05) is 36.4 Å². The predicted octanol–water partition coefficient (Wildman–Crippen LogP) is 7.19. The van der Waals surface area contributed by atoms with Crippen molar-refractivity contribution >= 4 is 45.8 Å². The van der Waals surface area contributed by atoms with Crippen LogP contribution in [-0.2, 0) is 0 Å². The van der Waals surface area contributed by atoms with Crippen LogP contribution < -0.4 is 4.74 Å². The van der Waals surface area contributed by atoms with Crippen LogP contribution in [0.3, 0.4) is 0 Å². The van der Waals surface area contributed by atoms with E-state index in [-0.39, 0.29) is 12.4 Å². The predicted molar refractivity (Wildman–Crippen MR) is 139 cm³/mol. The lowest BCUT2D eigenvalue weighted by molar-refractivity contribution is 0.157. The first-order valence-corrected chi connectivity index (χ1v) is 11.9. The van der Waals surface area contributed by atoms with E-state index in [2.05, 4.69) is 18.7 Å². The number of nitrogens with zero attached hydrogens (tertiary/aromatic N) is 2. The summed E-state index contributed by atoms with van der Waals surface area (Å²) in [7, 11) is 1.66. The Morgan fingerprint density at radius 3 is 2.28 bits per heavy atom. The lowest BCUT2D eigenvalue weighted by Crippen LogP contribution is -2.27. The van der Waals surface area contributed by atoms with Crippen molar-refractivity contribution in [1.82, 2.24) is 9.88 Å². The zero-order valence-electron chi connectivity index (χ0n) is 19.4. The van der Waals surface area contributed by atoms with E-state index in [0.717, 1.165) is 59.2 Å². The molecule has 2 aromatic carbocycles. The summed E-state index contributed by atoms with van der Waals surface area (Å²) in [5.74, 6) is 0.765. The van der Waals surface area contributed by atoms with Crippen LogP contribution in [0.15, 0.2) is 36.4 Å². The highest BCUT2D eigenvalue weighted by molar-refractivity contribution is 6.31. The highest BCUT2D eigenvalue weighted by Gasteiger charge is 2.18. The van der Waals surface area contributed by atoms with Gasteiger partial charge in [0.25, 0.3) is 0 Å². The molecule has 4 nitrogen and oxygen atoms in total. The summed E-state index contributed by atoms with van der Waals surface area (Å²) < 4.78 is 5.44. The molecular formula is C26H36Cl2N2O2. The number of unbranched alkanes of at least 4 members (excludes halogenated alkanes) is 2. The molecule has 3 rings (SSSR count). The number of methoxy groups -OCH3 is 1. The molecule has 0 saturated carbocycles. The normalized spacial score (nSPS) is 12.3. The average Bonchev–Trinajstić information content (AvgIpc) is 2.78. The molecule has 1 N–H and O–H groups in total. The molecule has 176 valence electrons. The van der Waals surface area contributed by atoms with E-state index < -0.39 is 6.10 Å². The van der Waals surface area contributed by atoms with Gasteiger partial charge in [-0.05, 0) is 81.2 Å². The van der Waals surface area contributed by atoms with Crippen LogP contribution in [0.5, 0.6) is 5.75 Å². The van der Waals surface area contributed by atoms with E-state index in [1.54, 1.807) is 7.11 Å². The number of fused-ring (bicyclic) bond motifs is 2. The quantitative estimate of drug-likeness (QED) is 0.279. The smallest absolute Gasteiger partial charge is 0.119 e. The fraction of sp³-hybridized carbons (Fsp3) is 0.500. The van der Waals surface area contributed by atoms with Gasteiger partial charge in [-0.15, -0.1) is 12.4 Å². The molecule has 1 atom stereocenters. The van der Waals surface area contributed by atoms with Gasteiger partial charge in [-0.1, -0.05) is 44.4 Å². The van der Waals surface area contributed by atoms with Gasteiger partial charge in [0.1, 0.15) is 5.75 Å². The molecule has 32 heavy (non-hydrogen) atoms. The summed E-state index contributed by atoms with van der Waals surface area (Å²) in [6, 6.07) is 11.5. The highest BCUT2D eigenvalue weighted by atomic mass is 35.5. The maximum absolute atomic E-state index is 11.3. The minimum absolute atomic E-state index is 0. The Morgan fingerprint density at radius 1 is 0.938 bits per heavy atom. The van der Waals surface area contributed by atoms with Crippen LogP contribution in [0.25, 0.3) is 21.8 Å². The second kappa shape index (κ2) is 13.2. The van der Waals surface area contributed by atoms with Crippen molar-refractivity contribution in [3.8, 4) is 5.75 Å². The fourth-order valence-corrected chi connectivity index (χ4v) is 4.33. The van der Waals surface area contributed by atoms with Crippen LogP contribution >= 0.6 is 24.0 Å². The van der Waals surface area contributed by atoms with E-state index in [1.165, 1.54) is 25.7 Å². The summed E-state index contributed by atoms with van der Waals surface area (Å²) in [4.78, 5) is 7.32. The van der Waals surface area contributed by atoms with E-state index >= 15 is 0 Å². The Morgan fingerprint density at radius 2 is 1.62 bits per heavy atom. The summed E-state index contributed by atoms with van der Waals surface area (Å²) in [5, 5.41) is 13.8. The monoisotopic (exact) mass is 478 g/mol. The molecule has 0 radical (unpaired) electrons. The van der Waals surface area contributed by atoms with Crippen molar-refractivity contribution in [2.45, 2.75) is 58.5 Å². The molecule has 0 amide bonds. The standard InChI is InChI=1S/C26H35ClN2O2.ClH/c1-4-6-14-29(15-7-5-2)16-8-9-25(30)26-21-12-10-19(27)17-24(21)28-23-13-11-20(31-3)18-22(23)26;/h10-13,17-18,25,30H,4-9,14-16H2,1-3H3;1H. The number of ether oxygens (including phenoxy) is 1. The zero-order valence-corrected chi connectivity index (χ0v) is 21.0. The Kier molecular flexibility index (Phi) is 11.0. The molecule has 3 aromatic rings. The first-order chi connectivity index (χ1) is 15.1. The van der Waals surface area contributed by atoms with Crippen LogP contribution in [0.1, 0.15) is 64.0 Å². The Bertz CT molecular complexity index is 988. The molecule has 0 aliphatic rings. The Balaban J connectivity index is 0.00000363. The lowest BCUT2D eigenvalue weighted by Gasteiger charge is -2.23. The minimum atomic E-state index is -0.569. The molecule has 0 aliphatic heterocycles. The largest absolute Gasteiger partial charge is 0.497 e. The number of aromatic nitrogens is 1. The highest BCUT2D eigenvalue weighted by Crippen LogP contribution is 2.35. The van der Waals surface area contributed by atoms with Crippen LogP contribution in [0.4, 0.5) is 0 Å². The van der Waals surface area contributed by atoms with E-state index in [0.29, 0.717) is 11.4 Å². The second-order valence-electron chi connectivity index (χ2n) is 8.28. The van der Waals surface area contributed by atoms with Crippen molar-refractivity contribution in [3.05, 3.63) is 47.0 Å². The summed E-state index contributed by atoms with van der Waals surface area (Å²) >= 11 is 6.22. The molecule has 6 heteroatoms. The third kappa shape index (κ3) is 6.71. The molecule has 1 heterocycles. The van der Waals surface area contributed by atoms with Gasteiger partial charge in [-0.3, -0.25) is 0 Å². The average molecular weight is 479 g/mol. The van der Waals surface area contributed by atoms with Crippen molar-refractivity contribution in [3.63, 3.8) is 0 Å². The molecular weight excluding hydrogens is 443 g/mol. The van der Waals surface area contributed by atoms with Crippen LogP contribution in [-0.4, -0.2) is 41.7 Å². The van der Waals surface area contributed by atoms with Crippen molar-refractivity contribution in [2.24, 2.45) is 0 Å². The molecule has 0 aliphatic carbocycles.